The lowest BCUT2D eigenvalue weighted by Crippen LogP contribution is -2.72. The fourth-order valence-corrected chi connectivity index (χ4v) is 1.29. The van der Waals surface area contributed by atoms with Crippen LogP contribution in [0.1, 0.15) is 0 Å². The second-order valence-electron chi connectivity index (χ2n) is 4.62. The zero-order valence-electron chi connectivity index (χ0n) is 12.1. The van der Waals surface area contributed by atoms with E-state index in [-0.39, 0.29) is 0 Å². The molecule has 0 aliphatic heterocycles. The van der Waals surface area contributed by atoms with Gasteiger partial charge in [-0.3, -0.25) is 4.79 Å². The van der Waals surface area contributed by atoms with E-state index >= 15 is 0 Å². The molecule has 0 aromatic carbocycles. The first kappa shape index (κ1) is 24.5. The maximum absolute atomic E-state index is 13.2. The van der Waals surface area contributed by atoms with E-state index in [1.165, 1.54) is 0 Å². The molecule has 0 aromatic heterocycles. The van der Waals surface area contributed by atoms with Crippen molar-refractivity contribution < 1.29 is 66.6 Å². The molecule has 0 unspecified atom stereocenters. The Morgan fingerprint density at radius 1 is 0.731 bits per heavy atom. The number of rotatable bonds is 8. The minimum Gasteiger partial charge on any atom is -0.383 e. The van der Waals surface area contributed by atoms with Crippen LogP contribution in [-0.4, -0.2) is 62.0 Å². The SMILES string of the molecule is COCCNC(=O)C(F)(F)C(F)(F)C(F)(F)C(F)(F)C(F)(F)C(F)(F)F. The Hall–Kier alpha value is -1.48. The van der Waals surface area contributed by atoms with Gasteiger partial charge in [0.2, 0.25) is 0 Å². The fourth-order valence-electron chi connectivity index (χ4n) is 1.29. The van der Waals surface area contributed by atoms with Gasteiger partial charge in [0.05, 0.1) is 6.61 Å². The molecule has 3 nitrogen and oxygen atoms in total. The Kier molecular flexibility index (Phi) is 6.53. The van der Waals surface area contributed by atoms with Crippen LogP contribution in [0.5, 0.6) is 0 Å². The molecule has 0 atom stereocenters. The molecular weight excluding hydrogens is 413 g/mol. The lowest BCUT2D eigenvalue weighted by atomic mass is 9.93. The summed E-state index contributed by atoms with van der Waals surface area (Å²) in [5, 5.41) is 0.841. The van der Waals surface area contributed by atoms with E-state index in [4.69, 9.17) is 0 Å². The van der Waals surface area contributed by atoms with E-state index in [1.54, 1.807) is 0 Å². The van der Waals surface area contributed by atoms with Crippen molar-refractivity contribution in [1.29, 1.82) is 0 Å². The minimum atomic E-state index is -8.03. The maximum Gasteiger partial charge on any atom is 0.460 e. The van der Waals surface area contributed by atoms with Crippen LogP contribution in [0.4, 0.5) is 57.1 Å². The highest BCUT2D eigenvalue weighted by Crippen LogP contribution is 2.60. The highest BCUT2D eigenvalue weighted by atomic mass is 19.4. The number of methoxy groups -OCH3 is 1. The molecule has 0 saturated heterocycles. The van der Waals surface area contributed by atoms with Crippen LogP contribution < -0.4 is 5.32 Å². The molecule has 0 aromatic rings. The highest BCUT2D eigenvalue weighted by molar-refractivity contribution is 5.84. The van der Waals surface area contributed by atoms with Crippen molar-refractivity contribution in [3.05, 3.63) is 0 Å². The normalized spacial score (nSPS) is 15.2. The molecule has 0 saturated carbocycles. The van der Waals surface area contributed by atoms with E-state index in [0.29, 0.717) is 0 Å². The Morgan fingerprint density at radius 2 is 1.12 bits per heavy atom. The molecule has 0 radical (unpaired) electrons. The smallest absolute Gasteiger partial charge is 0.383 e. The van der Waals surface area contributed by atoms with E-state index in [1.807, 2.05) is 0 Å². The monoisotopic (exact) mass is 421 g/mol. The predicted molar refractivity (Wildman–Crippen MR) is 55.7 cm³/mol. The quantitative estimate of drug-likeness (QED) is 0.482. The standard InChI is InChI=1S/C10H8F13NO2/c1-26-3-2-24-4(25)5(11,12)6(13,14)7(15,16)8(17,18)9(19,20)10(21,22)23/h2-3H2,1H3,(H,24,25). The molecule has 0 rings (SSSR count). The number of nitrogens with one attached hydrogen (secondary N) is 1. The van der Waals surface area contributed by atoms with Gasteiger partial charge in [-0.05, 0) is 0 Å². The third-order valence-electron chi connectivity index (χ3n) is 2.81. The summed E-state index contributed by atoms with van der Waals surface area (Å²) in [7, 11) is 0.910. The van der Waals surface area contributed by atoms with Gasteiger partial charge in [0, 0.05) is 13.7 Å². The van der Waals surface area contributed by atoms with Gasteiger partial charge in [-0.15, -0.1) is 0 Å². The van der Waals surface area contributed by atoms with Gasteiger partial charge < -0.3 is 10.1 Å². The average Bonchev–Trinajstić information content (AvgIpc) is 2.45. The summed E-state index contributed by atoms with van der Waals surface area (Å²) in [6.45, 7) is -1.67. The van der Waals surface area contributed by atoms with Gasteiger partial charge in [0.15, 0.2) is 0 Å². The lowest BCUT2D eigenvalue weighted by Gasteiger charge is -2.39. The molecule has 16 heteroatoms. The number of ether oxygens (including phenoxy) is 1. The molecular formula is C10H8F13NO2. The number of carbonyl (C=O) groups is 1. The van der Waals surface area contributed by atoms with Crippen molar-refractivity contribution >= 4 is 5.91 Å². The summed E-state index contributed by atoms with van der Waals surface area (Å²) >= 11 is 0. The topological polar surface area (TPSA) is 38.3 Å². The number of amides is 1. The zero-order valence-corrected chi connectivity index (χ0v) is 12.1. The van der Waals surface area contributed by atoms with Crippen LogP contribution in [0.3, 0.4) is 0 Å². The molecule has 0 heterocycles. The highest BCUT2D eigenvalue weighted by Gasteiger charge is 2.91. The third kappa shape index (κ3) is 3.51. The van der Waals surface area contributed by atoms with Gasteiger partial charge in [0.1, 0.15) is 0 Å². The number of alkyl halides is 13. The summed E-state index contributed by atoms with van der Waals surface area (Å²) in [4.78, 5) is 10.8. The Labute approximate surface area is 135 Å². The number of carbonyl (C=O) groups excluding carboxylic acids is 1. The van der Waals surface area contributed by atoms with Gasteiger partial charge in [-0.25, -0.2) is 0 Å². The molecule has 1 N–H and O–H groups in total. The van der Waals surface area contributed by atoms with Gasteiger partial charge in [-0.2, -0.15) is 57.1 Å². The summed E-state index contributed by atoms with van der Waals surface area (Å²) in [6.07, 6.45) is -7.49. The van der Waals surface area contributed by atoms with Gasteiger partial charge >= 0.3 is 35.8 Å². The molecule has 0 aliphatic carbocycles. The minimum absolute atomic E-state index is 0.647. The molecule has 0 bridgehead atoms. The van der Waals surface area contributed by atoms with Crippen molar-refractivity contribution in [3.63, 3.8) is 0 Å². The first-order valence-corrected chi connectivity index (χ1v) is 5.96. The third-order valence-corrected chi connectivity index (χ3v) is 2.81. The second-order valence-corrected chi connectivity index (χ2v) is 4.62. The fraction of sp³-hybridized carbons (Fsp3) is 0.900. The number of hydrogen-bond acceptors (Lipinski definition) is 2. The molecule has 26 heavy (non-hydrogen) atoms. The predicted octanol–water partition coefficient (Wildman–Crippen LogP) is 3.49. The average molecular weight is 421 g/mol. The van der Waals surface area contributed by atoms with Crippen molar-refractivity contribution in [1.82, 2.24) is 5.32 Å². The first-order valence-electron chi connectivity index (χ1n) is 5.96. The summed E-state index contributed by atoms with van der Waals surface area (Å²) in [5.41, 5.74) is 0. The summed E-state index contributed by atoms with van der Waals surface area (Å²) in [5.74, 6) is -41.6. The molecule has 1 amide bonds. The Bertz CT molecular complexity index is 514. The van der Waals surface area contributed by atoms with Crippen LogP contribution >= 0.6 is 0 Å². The zero-order chi connectivity index (χ0) is 21.4. The van der Waals surface area contributed by atoms with Crippen molar-refractivity contribution in [3.8, 4) is 0 Å². The lowest BCUT2D eigenvalue weighted by molar-refractivity contribution is -0.436. The van der Waals surface area contributed by atoms with Gasteiger partial charge in [0.25, 0.3) is 5.91 Å². The van der Waals surface area contributed by atoms with Crippen LogP contribution in [0, 0.1) is 0 Å². The van der Waals surface area contributed by atoms with Crippen LogP contribution in [-0.2, 0) is 9.53 Å². The Morgan fingerprint density at radius 3 is 1.46 bits per heavy atom. The van der Waals surface area contributed by atoms with Gasteiger partial charge in [-0.1, -0.05) is 0 Å². The van der Waals surface area contributed by atoms with Crippen molar-refractivity contribution in [2.75, 3.05) is 20.3 Å². The second kappa shape index (κ2) is 6.92. The molecule has 156 valence electrons. The molecule has 0 aliphatic rings. The first-order chi connectivity index (χ1) is 11.2. The summed E-state index contributed by atoms with van der Waals surface area (Å²) in [6, 6.07) is 0. The van der Waals surface area contributed by atoms with Crippen LogP contribution in [0.15, 0.2) is 0 Å². The van der Waals surface area contributed by atoms with E-state index < -0.39 is 54.8 Å². The summed E-state index contributed by atoms with van der Waals surface area (Å²) < 4.78 is 169. The van der Waals surface area contributed by atoms with Crippen molar-refractivity contribution in [2.45, 2.75) is 35.8 Å². The van der Waals surface area contributed by atoms with Crippen LogP contribution in [0.25, 0.3) is 0 Å². The molecule has 0 spiro atoms. The number of halogens is 13. The van der Waals surface area contributed by atoms with E-state index in [0.717, 1.165) is 12.4 Å². The van der Waals surface area contributed by atoms with Crippen molar-refractivity contribution in [2.24, 2.45) is 0 Å². The Balaban J connectivity index is 6.04. The maximum atomic E-state index is 13.2. The largest absolute Gasteiger partial charge is 0.460 e. The van der Waals surface area contributed by atoms with E-state index in [2.05, 4.69) is 4.74 Å². The number of hydrogen-bond donors (Lipinski definition) is 1. The van der Waals surface area contributed by atoms with Crippen LogP contribution in [0.2, 0.25) is 0 Å². The molecule has 0 fully saturated rings. The van der Waals surface area contributed by atoms with E-state index in [9.17, 15) is 61.9 Å².